The van der Waals surface area contributed by atoms with Gasteiger partial charge in [0.15, 0.2) is 0 Å². The van der Waals surface area contributed by atoms with Gasteiger partial charge in [-0.15, -0.1) is 0 Å². The van der Waals surface area contributed by atoms with Crippen molar-refractivity contribution in [1.82, 2.24) is 24.3 Å². The van der Waals surface area contributed by atoms with E-state index in [1.165, 1.54) is 28.6 Å². The summed E-state index contributed by atoms with van der Waals surface area (Å²) in [7, 11) is -3.66. The van der Waals surface area contributed by atoms with Crippen LogP contribution >= 0.6 is 0 Å². The summed E-state index contributed by atoms with van der Waals surface area (Å²) >= 11 is 0. The number of halogens is 1. The molecule has 0 aliphatic carbocycles. The van der Waals surface area contributed by atoms with Crippen LogP contribution in [-0.4, -0.2) is 45.3 Å². The molecule has 1 aliphatic rings. The predicted octanol–water partition coefficient (Wildman–Crippen LogP) is 3.66. The number of aromatic nitrogens is 4. The summed E-state index contributed by atoms with van der Waals surface area (Å²) in [6.07, 6.45) is 6.21. The van der Waals surface area contributed by atoms with Gasteiger partial charge >= 0.3 is 0 Å². The highest BCUT2D eigenvalue weighted by molar-refractivity contribution is 7.89. The summed E-state index contributed by atoms with van der Waals surface area (Å²) in [6, 6.07) is 11.0. The molecular weight excluding hydrogens is 417 g/mol. The number of benzene rings is 2. The van der Waals surface area contributed by atoms with Gasteiger partial charge in [0.25, 0.3) is 0 Å². The molecule has 1 saturated heterocycles. The average Bonchev–Trinajstić information content (AvgIpc) is 3.49. The molecular formula is C22H22FN5O2S. The van der Waals surface area contributed by atoms with Gasteiger partial charge in [-0.1, -0.05) is 6.07 Å². The fourth-order valence-electron chi connectivity index (χ4n) is 4.38. The molecule has 2 atom stereocenters. The molecule has 1 fully saturated rings. The minimum Gasteiger partial charge on any atom is -0.285 e. The normalized spacial score (nSPS) is 19.9. The van der Waals surface area contributed by atoms with E-state index in [9.17, 15) is 12.8 Å². The van der Waals surface area contributed by atoms with E-state index in [0.29, 0.717) is 13.1 Å². The van der Waals surface area contributed by atoms with Crippen molar-refractivity contribution in [2.75, 3.05) is 6.54 Å². The fraction of sp³-hybridized carbons (Fsp3) is 0.273. The zero-order valence-electron chi connectivity index (χ0n) is 16.9. The van der Waals surface area contributed by atoms with Crippen LogP contribution in [0.5, 0.6) is 0 Å². The van der Waals surface area contributed by atoms with E-state index in [2.05, 4.69) is 21.4 Å². The van der Waals surface area contributed by atoms with Crippen LogP contribution in [0, 0.1) is 11.7 Å². The second-order valence-corrected chi connectivity index (χ2v) is 9.96. The SMILES string of the molecule is C[C@H]1C[C@@H](Cn2ncc3cc(-c4cn[nH]c4)ccc32)CN1S(=O)(=O)c1ccc(F)cc1. The molecule has 4 aromatic rings. The van der Waals surface area contributed by atoms with Crippen LogP contribution in [0.15, 0.2) is 66.0 Å². The Hall–Kier alpha value is -3.04. The van der Waals surface area contributed by atoms with Gasteiger partial charge < -0.3 is 0 Å². The molecule has 31 heavy (non-hydrogen) atoms. The molecule has 2 aromatic carbocycles. The lowest BCUT2D eigenvalue weighted by Crippen LogP contribution is -2.34. The molecule has 0 spiro atoms. The van der Waals surface area contributed by atoms with Crippen LogP contribution in [0.4, 0.5) is 4.39 Å². The van der Waals surface area contributed by atoms with Gasteiger partial charge in [-0.2, -0.15) is 14.5 Å². The van der Waals surface area contributed by atoms with Crippen molar-refractivity contribution in [2.24, 2.45) is 5.92 Å². The average molecular weight is 440 g/mol. The standard InChI is InChI=1S/C22H22FN5O2S/c1-15-8-16(14-28(15)31(29,30)21-5-3-20(23)4-6-21)13-27-22-7-2-17(9-18(22)12-26-27)19-10-24-25-11-19/h2-7,9-12,15-16H,8,13-14H2,1H3,(H,24,25)/t15-,16-/m0/s1. The lowest BCUT2D eigenvalue weighted by atomic mass is 10.1. The maximum absolute atomic E-state index is 13.2. The van der Waals surface area contributed by atoms with Gasteiger partial charge in [0, 0.05) is 36.3 Å². The number of fused-ring (bicyclic) bond motifs is 1. The summed E-state index contributed by atoms with van der Waals surface area (Å²) in [5, 5.41) is 12.4. The van der Waals surface area contributed by atoms with Crippen molar-refractivity contribution in [2.45, 2.75) is 30.8 Å². The molecule has 0 saturated carbocycles. The predicted molar refractivity (Wildman–Crippen MR) is 115 cm³/mol. The van der Waals surface area contributed by atoms with Crippen LogP contribution in [0.1, 0.15) is 13.3 Å². The Bertz CT molecular complexity index is 1320. The first kappa shape index (κ1) is 19.9. The van der Waals surface area contributed by atoms with Crippen molar-refractivity contribution in [3.05, 3.63) is 66.9 Å². The van der Waals surface area contributed by atoms with Crippen molar-refractivity contribution in [1.29, 1.82) is 0 Å². The number of rotatable bonds is 5. The summed E-state index contributed by atoms with van der Waals surface area (Å²) in [4.78, 5) is 0.123. The number of hydrogen-bond acceptors (Lipinski definition) is 4. The monoisotopic (exact) mass is 439 g/mol. The van der Waals surface area contributed by atoms with E-state index in [1.54, 1.807) is 6.20 Å². The Morgan fingerprint density at radius 3 is 2.68 bits per heavy atom. The highest BCUT2D eigenvalue weighted by Gasteiger charge is 2.38. The van der Waals surface area contributed by atoms with E-state index < -0.39 is 15.8 Å². The topological polar surface area (TPSA) is 83.9 Å². The fourth-order valence-corrected chi connectivity index (χ4v) is 6.10. The Morgan fingerprint density at radius 2 is 1.94 bits per heavy atom. The number of nitrogens with one attached hydrogen (secondary N) is 1. The largest absolute Gasteiger partial charge is 0.285 e. The zero-order chi connectivity index (χ0) is 21.6. The Kier molecular flexibility index (Phi) is 4.86. The molecule has 160 valence electrons. The van der Waals surface area contributed by atoms with Crippen LogP contribution < -0.4 is 0 Å². The van der Waals surface area contributed by atoms with Gasteiger partial charge in [-0.25, -0.2) is 12.8 Å². The van der Waals surface area contributed by atoms with Crippen molar-refractivity contribution in [3.8, 4) is 11.1 Å². The molecule has 1 N–H and O–H groups in total. The van der Waals surface area contributed by atoms with Gasteiger partial charge in [-0.05, 0) is 61.2 Å². The minimum atomic E-state index is -3.66. The van der Waals surface area contributed by atoms with Gasteiger partial charge in [0.05, 0.1) is 22.8 Å². The second-order valence-electron chi connectivity index (χ2n) is 8.07. The molecule has 2 aromatic heterocycles. The van der Waals surface area contributed by atoms with E-state index >= 15 is 0 Å². The molecule has 0 bridgehead atoms. The molecule has 5 rings (SSSR count). The summed E-state index contributed by atoms with van der Waals surface area (Å²) in [6.45, 7) is 2.96. The Labute approximate surface area is 179 Å². The van der Waals surface area contributed by atoms with Gasteiger partial charge in [-0.3, -0.25) is 9.78 Å². The Balaban J connectivity index is 1.35. The first-order chi connectivity index (χ1) is 14.9. The zero-order valence-corrected chi connectivity index (χ0v) is 17.8. The van der Waals surface area contributed by atoms with Gasteiger partial charge in [0.2, 0.25) is 10.0 Å². The number of aromatic amines is 1. The second kappa shape index (κ2) is 7.58. The molecule has 9 heteroatoms. The van der Waals surface area contributed by atoms with Crippen LogP contribution in [0.2, 0.25) is 0 Å². The molecule has 0 unspecified atom stereocenters. The first-order valence-electron chi connectivity index (χ1n) is 10.1. The number of nitrogens with zero attached hydrogens (tertiary/aromatic N) is 4. The third-order valence-electron chi connectivity index (χ3n) is 5.93. The molecule has 1 aliphatic heterocycles. The third-order valence-corrected chi connectivity index (χ3v) is 7.92. The quantitative estimate of drug-likeness (QED) is 0.514. The third kappa shape index (κ3) is 3.64. The molecule has 3 heterocycles. The molecule has 7 nitrogen and oxygen atoms in total. The summed E-state index contributed by atoms with van der Waals surface area (Å²) < 4.78 is 42.8. The maximum Gasteiger partial charge on any atom is 0.243 e. The van der Waals surface area contributed by atoms with Crippen LogP contribution in [0.25, 0.3) is 22.0 Å². The number of H-pyrrole nitrogens is 1. The lowest BCUT2D eigenvalue weighted by molar-refractivity contribution is 0.396. The van der Waals surface area contributed by atoms with Crippen LogP contribution in [0.3, 0.4) is 0 Å². The van der Waals surface area contributed by atoms with E-state index in [4.69, 9.17) is 0 Å². The highest BCUT2D eigenvalue weighted by Crippen LogP contribution is 2.31. The number of hydrogen-bond donors (Lipinski definition) is 1. The van der Waals surface area contributed by atoms with Crippen LogP contribution in [-0.2, 0) is 16.6 Å². The maximum atomic E-state index is 13.2. The lowest BCUT2D eigenvalue weighted by Gasteiger charge is -2.21. The van der Waals surface area contributed by atoms with E-state index in [0.717, 1.165) is 28.5 Å². The highest BCUT2D eigenvalue weighted by atomic mass is 32.2. The minimum absolute atomic E-state index is 0.123. The molecule has 0 amide bonds. The summed E-state index contributed by atoms with van der Waals surface area (Å²) in [5.74, 6) is -0.311. The van der Waals surface area contributed by atoms with E-state index in [-0.39, 0.29) is 16.9 Å². The van der Waals surface area contributed by atoms with E-state index in [1.807, 2.05) is 36.1 Å². The van der Waals surface area contributed by atoms with Gasteiger partial charge in [0.1, 0.15) is 5.82 Å². The Morgan fingerprint density at radius 1 is 1.13 bits per heavy atom. The first-order valence-corrected chi connectivity index (χ1v) is 11.6. The van der Waals surface area contributed by atoms with Crippen molar-refractivity contribution < 1.29 is 12.8 Å². The summed E-state index contributed by atoms with van der Waals surface area (Å²) in [5.41, 5.74) is 3.09. The smallest absolute Gasteiger partial charge is 0.243 e. The molecule has 0 radical (unpaired) electrons. The van der Waals surface area contributed by atoms with Crippen molar-refractivity contribution >= 4 is 20.9 Å². The van der Waals surface area contributed by atoms with Crippen molar-refractivity contribution in [3.63, 3.8) is 0 Å². The number of sulfonamides is 1.